The number of ether oxygens (including phenoxy) is 2. The van der Waals surface area contributed by atoms with Crippen LogP contribution in [0.3, 0.4) is 0 Å². The molecule has 3 aromatic rings. The number of pyridine rings is 1. The summed E-state index contributed by atoms with van der Waals surface area (Å²) in [6.07, 6.45) is 2.13. The number of hydrogen-bond donors (Lipinski definition) is 1. The molecule has 1 saturated heterocycles. The predicted molar refractivity (Wildman–Crippen MR) is 137 cm³/mol. The molecule has 0 atom stereocenters. The van der Waals surface area contributed by atoms with Gasteiger partial charge in [-0.15, -0.1) is 0 Å². The van der Waals surface area contributed by atoms with Crippen molar-refractivity contribution in [2.75, 3.05) is 51.8 Å². The highest BCUT2D eigenvalue weighted by atomic mass is 32.2. The molecule has 0 aliphatic carbocycles. The Morgan fingerprint density at radius 2 is 1.66 bits per heavy atom. The highest BCUT2D eigenvalue weighted by molar-refractivity contribution is 7.89. The number of carbonyl (C=O) groups is 1. The summed E-state index contributed by atoms with van der Waals surface area (Å²) in [5, 5.41) is 2.90. The van der Waals surface area contributed by atoms with Gasteiger partial charge in [-0.3, -0.25) is 4.79 Å². The molecule has 1 aliphatic heterocycles. The van der Waals surface area contributed by atoms with Crippen LogP contribution in [-0.2, 0) is 16.4 Å². The van der Waals surface area contributed by atoms with E-state index in [4.69, 9.17) is 9.47 Å². The molecule has 4 rings (SSSR count). The van der Waals surface area contributed by atoms with Crippen molar-refractivity contribution in [3.63, 3.8) is 0 Å². The Balaban J connectivity index is 1.39. The van der Waals surface area contributed by atoms with Crippen molar-refractivity contribution < 1.29 is 31.5 Å². The minimum absolute atomic E-state index is 0.0669. The average Bonchev–Trinajstić information content (AvgIpc) is 2.92. The van der Waals surface area contributed by atoms with Crippen LogP contribution < -0.4 is 19.7 Å². The number of nitrogens with zero attached hydrogens (tertiary/aromatic N) is 3. The number of anilines is 1. The first-order chi connectivity index (χ1) is 18.2. The number of sulfonamides is 1. The number of halogens is 2. The standard InChI is InChI=1S/C26H28F2N4O5S/c1-36-23-6-5-18(14-24(23)37-2)7-9-30-26(33)22-4-3-8-29-25(22)31-10-12-32(13-11-31)38(34,35)21-16-19(27)15-20(28)17-21/h3-6,8,14-17H,7,9-13H2,1-2H3,(H,30,33). The van der Waals surface area contributed by atoms with Crippen LogP contribution in [0.25, 0.3) is 0 Å². The van der Waals surface area contributed by atoms with Crippen molar-refractivity contribution in [2.45, 2.75) is 11.3 Å². The zero-order valence-corrected chi connectivity index (χ0v) is 21.8. The van der Waals surface area contributed by atoms with Gasteiger partial charge in [0.05, 0.1) is 24.7 Å². The molecule has 9 nitrogen and oxygen atoms in total. The third kappa shape index (κ3) is 6.03. The molecule has 2 aromatic carbocycles. The van der Waals surface area contributed by atoms with Crippen molar-refractivity contribution in [1.29, 1.82) is 0 Å². The molecule has 1 amide bonds. The van der Waals surface area contributed by atoms with Gasteiger partial charge in [-0.1, -0.05) is 6.07 Å². The Labute approximate surface area is 220 Å². The number of piperazine rings is 1. The number of nitrogens with one attached hydrogen (secondary N) is 1. The molecule has 202 valence electrons. The second kappa shape index (κ2) is 11.7. The Hall–Kier alpha value is -3.77. The van der Waals surface area contributed by atoms with E-state index in [2.05, 4.69) is 10.3 Å². The van der Waals surface area contributed by atoms with Gasteiger partial charge in [0.25, 0.3) is 5.91 Å². The lowest BCUT2D eigenvalue weighted by Crippen LogP contribution is -2.49. The van der Waals surface area contributed by atoms with Gasteiger partial charge in [0.15, 0.2) is 11.5 Å². The molecule has 1 fully saturated rings. The van der Waals surface area contributed by atoms with E-state index in [0.29, 0.717) is 41.9 Å². The summed E-state index contributed by atoms with van der Waals surface area (Å²) in [5.74, 6) is -0.565. The van der Waals surface area contributed by atoms with Gasteiger partial charge in [0.1, 0.15) is 17.5 Å². The molecule has 0 spiro atoms. The van der Waals surface area contributed by atoms with Gasteiger partial charge in [-0.2, -0.15) is 4.31 Å². The maximum Gasteiger partial charge on any atom is 0.255 e. The van der Waals surface area contributed by atoms with E-state index in [1.807, 2.05) is 17.0 Å². The molecule has 12 heteroatoms. The first-order valence-electron chi connectivity index (χ1n) is 11.9. The summed E-state index contributed by atoms with van der Waals surface area (Å²) in [6, 6.07) is 11.1. The monoisotopic (exact) mass is 546 g/mol. The second-order valence-electron chi connectivity index (χ2n) is 8.57. The number of amides is 1. The van der Waals surface area contributed by atoms with Crippen molar-refractivity contribution in [3.8, 4) is 11.5 Å². The summed E-state index contributed by atoms with van der Waals surface area (Å²) < 4.78 is 64.7. The first kappa shape index (κ1) is 27.3. The third-order valence-corrected chi connectivity index (χ3v) is 8.07. The van der Waals surface area contributed by atoms with E-state index in [9.17, 15) is 22.0 Å². The molecular weight excluding hydrogens is 518 g/mol. The molecule has 0 unspecified atom stereocenters. The normalized spacial score (nSPS) is 14.3. The summed E-state index contributed by atoms with van der Waals surface area (Å²) in [4.78, 5) is 18.7. The van der Waals surface area contributed by atoms with Crippen LogP contribution in [0, 0.1) is 11.6 Å². The highest BCUT2D eigenvalue weighted by Crippen LogP contribution is 2.28. The fourth-order valence-electron chi connectivity index (χ4n) is 4.24. The number of rotatable bonds is 9. The van der Waals surface area contributed by atoms with Crippen LogP contribution in [0.4, 0.5) is 14.6 Å². The SMILES string of the molecule is COc1ccc(CCNC(=O)c2cccnc2N2CCN(S(=O)(=O)c3cc(F)cc(F)c3)CC2)cc1OC. The van der Waals surface area contributed by atoms with Crippen LogP contribution in [0.15, 0.2) is 59.6 Å². The van der Waals surface area contributed by atoms with Gasteiger partial charge in [0.2, 0.25) is 10.0 Å². The molecule has 1 aliphatic rings. The number of hydrogen-bond acceptors (Lipinski definition) is 7. The van der Waals surface area contributed by atoms with Gasteiger partial charge in [-0.25, -0.2) is 22.2 Å². The number of carbonyl (C=O) groups excluding carboxylic acids is 1. The summed E-state index contributed by atoms with van der Waals surface area (Å²) in [5.41, 5.74) is 1.33. The molecular formula is C26H28F2N4O5S. The Morgan fingerprint density at radius 3 is 2.32 bits per heavy atom. The van der Waals surface area contributed by atoms with Gasteiger partial charge < -0.3 is 19.7 Å². The van der Waals surface area contributed by atoms with Crippen molar-refractivity contribution in [3.05, 3.63) is 77.5 Å². The average molecular weight is 547 g/mol. The Morgan fingerprint density at radius 1 is 0.974 bits per heavy atom. The summed E-state index contributed by atoms with van der Waals surface area (Å²) in [7, 11) is -0.954. The second-order valence-corrected chi connectivity index (χ2v) is 10.5. The smallest absolute Gasteiger partial charge is 0.255 e. The maximum absolute atomic E-state index is 13.6. The number of aromatic nitrogens is 1. The van der Waals surface area contributed by atoms with Crippen LogP contribution in [0.2, 0.25) is 0 Å². The van der Waals surface area contributed by atoms with E-state index in [-0.39, 0.29) is 32.1 Å². The minimum Gasteiger partial charge on any atom is -0.493 e. The fraction of sp³-hybridized carbons (Fsp3) is 0.308. The zero-order chi connectivity index (χ0) is 27.3. The molecule has 0 radical (unpaired) electrons. The van der Waals surface area contributed by atoms with Crippen molar-refractivity contribution >= 4 is 21.7 Å². The Kier molecular flexibility index (Phi) is 8.42. The van der Waals surface area contributed by atoms with E-state index in [1.54, 1.807) is 38.6 Å². The number of benzene rings is 2. The maximum atomic E-state index is 13.6. The van der Waals surface area contributed by atoms with Crippen LogP contribution >= 0.6 is 0 Å². The lowest BCUT2D eigenvalue weighted by Gasteiger charge is -2.35. The largest absolute Gasteiger partial charge is 0.493 e. The quantitative estimate of drug-likeness (QED) is 0.441. The van der Waals surface area contributed by atoms with Crippen LogP contribution in [0.5, 0.6) is 11.5 Å². The molecule has 38 heavy (non-hydrogen) atoms. The van der Waals surface area contributed by atoms with E-state index in [1.165, 1.54) is 4.31 Å². The molecule has 2 heterocycles. The molecule has 0 bridgehead atoms. The highest BCUT2D eigenvalue weighted by Gasteiger charge is 2.31. The minimum atomic E-state index is -4.08. The van der Waals surface area contributed by atoms with Crippen LogP contribution in [0.1, 0.15) is 15.9 Å². The van der Waals surface area contributed by atoms with Gasteiger partial charge >= 0.3 is 0 Å². The Bertz CT molecular complexity index is 1390. The van der Waals surface area contributed by atoms with Crippen LogP contribution in [-0.4, -0.2) is 70.6 Å². The van der Waals surface area contributed by atoms with Gasteiger partial charge in [-0.05, 0) is 48.4 Å². The summed E-state index contributed by atoms with van der Waals surface area (Å²) in [6.45, 7) is 1.01. The summed E-state index contributed by atoms with van der Waals surface area (Å²) >= 11 is 0. The predicted octanol–water partition coefficient (Wildman–Crippen LogP) is 2.86. The van der Waals surface area contributed by atoms with Crippen molar-refractivity contribution in [2.24, 2.45) is 0 Å². The van der Waals surface area contributed by atoms with Gasteiger partial charge in [0, 0.05) is 45.0 Å². The molecule has 1 N–H and O–H groups in total. The van der Waals surface area contributed by atoms with Crippen molar-refractivity contribution in [1.82, 2.24) is 14.6 Å². The third-order valence-electron chi connectivity index (χ3n) is 6.19. The zero-order valence-electron chi connectivity index (χ0n) is 21.0. The lowest BCUT2D eigenvalue weighted by atomic mass is 10.1. The number of methoxy groups -OCH3 is 2. The molecule has 0 saturated carbocycles. The van der Waals surface area contributed by atoms with E-state index in [0.717, 1.165) is 17.7 Å². The lowest BCUT2D eigenvalue weighted by molar-refractivity contribution is 0.0954. The fourth-order valence-corrected chi connectivity index (χ4v) is 5.71. The van der Waals surface area contributed by atoms with E-state index < -0.39 is 26.6 Å². The molecule has 1 aromatic heterocycles. The first-order valence-corrected chi connectivity index (χ1v) is 13.3. The van der Waals surface area contributed by atoms with E-state index >= 15 is 0 Å². The topological polar surface area (TPSA) is 101 Å².